The third-order valence-electron chi connectivity index (χ3n) is 6.45. The Kier molecular flexibility index (Phi) is 6.86. The van der Waals surface area contributed by atoms with Crippen LogP contribution in [-0.4, -0.2) is 53.1 Å². The summed E-state index contributed by atoms with van der Waals surface area (Å²) in [7, 11) is -3.24. The summed E-state index contributed by atoms with van der Waals surface area (Å²) in [5.74, 6) is 0.834. The first-order valence-corrected chi connectivity index (χ1v) is 14.1. The van der Waals surface area contributed by atoms with Crippen LogP contribution in [-0.2, 0) is 10.0 Å². The Morgan fingerprint density at radius 3 is 2.59 bits per heavy atom. The Labute approximate surface area is 220 Å². The zero-order valence-electron chi connectivity index (χ0n) is 20.3. The van der Waals surface area contributed by atoms with Gasteiger partial charge in [-0.15, -0.1) is 0 Å². The van der Waals surface area contributed by atoms with Crippen LogP contribution in [0.3, 0.4) is 0 Å². The lowest BCUT2D eigenvalue weighted by molar-refractivity contribution is 0.131. The second-order valence-electron chi connectivity index (χ2n) is 9.04. The molecule has 0 bridgehead atoms. The highest BCUT2D eigenvalue weighted by Crippen LogP contribution is 2.34. The number of para-hydroxylation sites is 1. The van der Waals surface area contributed by atoms with Crippen molar-refractivity contribution in [2.45, 2.75) is 31.9 Å². The molecule has 1 unspecified atom stereocenters. The fourth-order valence-electron chi connectivity index (χ4n) is 4.51. The summed E-state index contributed by atoms with van der Waals surface area (Å²) in [5, 5.41) is 15.0. The predicted octanol–water partition coefficient (Wildman–Crippen LogP) is 4.68. The number of nitriles is 1. The number of halogens is 1. The van der Waals surface area contributed by atoms with Crippen molar-refractivity contribution in [3.05, 3.63) is 65.1 Å². The summed E-state index contributed by atoms with van der Waals surface area (Å²) >= 11 is 6.52. The molecule has 4 aromatic rings. The molecule has 0 radical (unpaired) electrons. The van der Waals surface area contributed by atoms with Crippen LogP contribution in [0.15, 0.2) is 48.7 Å². The van der Waals surface area contributed by atoms with Gasteiger partial charge in [0.15, 0.2) is 5.82 Å². The van der Waals surface area contributed by atoms with Gasteiger partial charge in [0.1, 0.15) is 12.2 Å². The predicted molar refractivity (Wildman–Crippen MR) is 143 cm³/mol. The Balaban J connectivity index is 1.48. The summed E-state index contributed by atoms with van der Waals surface area (Å²) in [4.78, 5) is 13.9. The van der Waals surface area contributed by atoms with E-state index in [9.17, 15) is 13.7 Å². The Bertz CT molecular complexity index is 1630. The number of anilines is 1. The maximum absolute atomic E-state index is 11.9. The van der Waals surface area contributed by atoms with Crippen molar-refractivity contribution in [2.24, 2.45) is 0 Å². The van der Waals surface area contributed by atoms with Gasteiger partial charge < -0.3 is 10.1 Å². The topological polar surface area (TPSA) is 121 Å². The molecule has 0 amide bonds. The van der Waals surface area contributed by atoms with Crippen LogP contribution in [0, 0.1) is 11.3 Å². The Morgan fingerprint density at radius 2 is 1.86 bits per heavy atom. The molecule has 1 N–H and O–H groups in total. The van der Waals surface area contributed by atoms with E-state index in [1.165, 1.54) is 10.6 Å². The molecule has 1 fully saturated rings. The monoisotopic (exact) mass is 536 g/mol. The quantitative estimate of drug-likeness (QED) is 0.377. The molecule has 1 aliphatic heterocycles. The number of aromatic nitrogens is 3. The van der Waals surface area contributed by atoms with Gasteiger partial charge in [-0.2, -0.15) is 10.2 Å². The van der Waals surface area contributed by atoms with Crippen molar-refractivity contribution in [3.8, 4) is 11.9 Å². The molecule has 0 aliphatic carbocycles. The van der Waals surface area contributed by atoms with E-state index < -0.39 is 10.0 Å². The van der Waals surface area contributed by atoms with Gasteiger partial charge in [0, 0.05) is 24.7 Å². The summed E-state index contributed by atoms with van der Waals surface area (Å²) in [6, 6.07) is 14.9. The number of hydrogen-bond acceptors (Lipinski definition) is 8. The van der Waals surface area contributed by atoms with E-state index in [0.29, 0.717) is 64.8 Å². The molecule has 1 atom stereocenters. The van der Waals surface area contributed by atoms with Crippen LogP contribution < -0.4 is 10.1 Å². The van der Waals surface area contributed by atoms with Crippen LogP contribution in [0.25, 0.3) is 21.8 Å². The van der Waals surface area contributed by atoms with Crippen molar-refractivity contribution < 1.29 is 13.2 Å². The van der Waals surface area contributed by atoms with Crippen molar-refractivity contribution in [1.29, 1.82) is 5.26 Å². The molecule has 2 aromatic carbocycles. The minimum Gasteiger partial charge on any atom is -0.474 e. The first-order chi connectivity index (χ1) is 17.7. The summed E-state index contributed by atoms with van der Waals surface area (Å²) in [5.41, 5.74) is 2.48. The average Bonchev–Trinajstić information content (AvgIpc) is 2.88. The largest absolute Gasteiger partial charge is 0.474 e. The molecule has 11 heteroatoms. The third-order valence-corrected chi connectivity index (χ3v) is 8.07. The lowest BCUT2D eigenvalue weighted by atomic mass is 10.1. The van der Waals surface area contributed by atoms with Crippen molar-refractivity contribution in [3.63, 3.8) is 0 Å². The number of piperidine rings is 1. The number of pyridine rings is 1. The van der Waals surface area contributed by atoms with Gasteiger partial charge in [-0.3, -0.25) is 4.98 Å². The van der Waals surface area contributed by atoms with Crippen molar-refractivity contribution >= 4 is 49.1 Å². The minimum atomic E-state index is -3.24. The van der Waals surface area contributed by atoms with Gasteiger partial charge in [-0.1, -0.05) is 35.9 Å². The molecule has 1 aliphatic rings. The van der Waals surface area contributed by atoms with Crippen LogP contribution in [0.5, 0.6) is 5.88 Å². The standard InChI is InChI=1S/C26H25ClN6O3S/c1-16(30-24-17(14-28)15-29-21-8-4-3-6-19(21)24)25-31-22-9-5-7-20(27)23(22)26(32-25)36-18-10-12-33(13-11-18)37(2,34)35/h3-9,15-16,18H,10-13H2,1-2H3,(H,29,30). The summed E-state index contributed by atoms with van der Waals surface area (Å²) < 4.78 is 31.5. The fraction of sp³-hybridized carbons (Fsp3) is 0.308. The number of benzene rings is 2. The third kappa shape index (κ3) is 5.16. The zero-order chi connectivity index (χ0) is 26.2. The number of sulfonamides is 1. The van der Waals surface area contributed by atoms with Crippen LogP contribution >= 0.6 is 11.6 Å². The van der Waals surface area contributed by atoms with E-state index in [4.69, 9.17) is 26.3 Å². The number of fused-ring (bicyclic) bond motifs is 2. The van der Waals surface area contributed by atoms with E-state index in [2.05, 4.69) is 16.4 Å². The highest BCUT2D eigenvalue weighted by molar-refractivity contribution is 7.88. The first-order valence-electron chi connectivity index (χ1n) is 11.9. The number of nitrogens with zero attached hydrogens (tertiary/aromatic N) is 5. The van der Waals surface area contributed by atoms with Crippen molar-refractivity contribution in [2.75, 3.05) is 24.7 Å². The van der Waals surface area contributed by atoms with Gasteiger partial charge in [-0.25, -0.2) is 17.7 Å². The zero-order valence-corrected chi connectivity index (χ0v) is 21.9. The maximum atomic E-state index is 11.9. The van der Waals surface area contributed by atoms with E-state index in [0.717, 1.165) is 10.9 Å². The molecule has 2 aromatic heterocycles. The van der Waals surface area contributed by atoms with E-state index in [1.54, 1.807) is 12.3 Å². The smallest absolute Gasteiger partial charge is 0.226 e. The molecule has 1 saturated heterocycles. The maximum Gasteiger partial charge on any atom is 0.226 e. The second-order valence-corrected chi connectivity index (χ2v) is 11.4. The van der Waals surface area contributed by atoms with Gasteiger partial charge in [0.05, 0.1) is 45.0 Å². The van der Waals surface area contributed by atoms with Crippen LogP contribution in [0.4, 0.5) is 5.69 Å². The van der Waals surface area contributed by atoms with Gasteiger partial charge in [0.2, 0.25) is 15.9 Å². The molecule has 0 spiro atoms. The Hall–Kier alpha value is -3.52. The SMILES string of the molecule is CC(Nc1c(C#N)cnc2ccccc12)c1nc(OC2CCN(S(C)(=O)=O)CC2)c2c(Cl)cccc2n1. The molecule has 190 valence electrons. The summed E-state index contributed by atoms with van der Waals surface area (Å²) in [6.07, 6.45) is 3.64. The highest BCUT2D eigenvalue weighted by Gasteiger charge is 2.27. The molecular formula is C26H25ClN6O3S. The number of hydrogen-bond donors (Lipinski definition) is 1. The van der Waals surface area contributed by atoms with Crippen LogP contribution in [0.2, 0.25) is 5.02 Å². The number of nitrogens with one attached hydrogen (secondary N) is 1. The number of rotatable bonds is 6. The lowest BCUT2D eigenvalue weighted by Gasteiger charge is -2.30. The first kappa shape index (κ1) is 25.1. The van der Waals surface area contributed by atoms with Gasteiger partial charge in [-0.05, 0) is 38.0 Å². The number of ether oxygens (including phenoxy) is 1. The highest BCUT2D eigenvalue weighted by atomic mass is 35.5. The molecule has 3 heterocycles. The van der Waals surface area contributed by atoms with E-state index in [-0.39, 0.29) is 12.1 Å². The fourth-order valence-corrected chi connectivity index (χ4v) is 5.63. The minimum absolute atomic E-state index is 0.210. The second kappa shape index (κ2) is 10.1. The van der Waals surface area contributed by atoms with E-state index in [1.807, 2.05) is 43.3 Å². The van der Waals surface area contributed by atoms with Crippen molar-refractivity contribution in [1.82, 2.24) is 19.3 Å². The Morgan fingerprint density at radius 1 is 1.14 bits per heavy atom. The normalized spacial score (nSPS) is 15.9. The van der Waals surface area contributed by atoms with E-state index >= 15 is 0 Å². The molecule has 0 saturated carbocycles. The van der Waals surface area contributed by atoms with Gasteiger partial charge in [0.25, 0.3) is 0 Å². The molecule has 5 rings (SSSR count). The summed E-state index contributed by atoms with van der Waals surface area (Å²) in [6.45, 7) is 2.69. The average molecular weight is 537 g/mol. The lowest BCUT2D eigenvalue weighted by Crippen LogP contribution is -2.41. The molecule has 9 nitrogen and oxygen atoms in total. The molecular weight excluding hydrogens is 512 g/mol. The molecule has 37 heavy (non-hydrogen) atoms. The van der Waals surface area contributed by atoms with Crippen LogP contribution in [0.1, 0.15) is 37.2 Å². The van der Waals surface area contributed by atoms with Gasteiger partial charge >= 0.3 is 0 Å².